The summed E-state index contributed by atoms with van der Waals surface area (Å²) < 4.78 is 5.61. The van der Waals surface area contributed by atoms with E-state index in [4.69, 9.17) is 4.74 Å². The fraction of sp³-hybridized carbons (Fsp3) is 0.588. The second-order valence-corrected chi connectivity index (χ2v) is 5.47. The minimum Gasteiger partial charge on any atom is -0.494 e. The summed E-state index contributed by atoms with van der Waals surface area (Å²) in [5, 5.41) is 3.32. The molecule has 1 aliphatic heterocycles. The first-order valence-electron chi connectivity index (χ1n) is 7.98. The summed E-state index contributed by atoms with van der Waals surface area (Å²) in [4.78, 5) is 14.2. The molecular weight excluding hydrogens is 264 g/mol. The first-order chi connectivity index (χ1) is 10.2. The van der Waals surface area contributed by atoms with E-state index in [0.29, 0.717) is 12.6 Å². The molecule has 116 valence electrons. The molecule has 1 aromatic rings. The monoisotopic (exact) mass is 290 g/mol. The van der Waals surface area contributed by atoms with Gasteiger partial charge in [-0.3, -0.25) is 10.1 Å². The molecule has 1 unspecified atom stereocenters. The number of carbonyl (C=O) groups is 1. The van der Waals surface area contributed by atoms with Crippen LogP contribution in [0.2, 0.25) is 0 Å². The maximum Gasteiger partial charge on any atom is 0.238 e. The molecule has 0 spiro atoms. The molecule has 1 atom stereocenters. The van der Waals surface area contributed by atoms with Crippen LogP contribution in [-0.2, 0) is 4.79 Å². The van der Waals surface area contributed by atoms with Gasteiger partial charge >= 0.3 is 0 Å². The molecule has 0 bridgehead atoms. The van der Waals surface area contributed by atoms with Gasteiger partial charge in [-0.25, -0.2) is 0 Å². The van der Waals surface area contributed by atoms with E-state index in [1.807, 2.05) is 17.0 Å². The van der Waals surface area contributed by atoms with Crippen molar-refractivity contribution in [1.29, 1.82) is 0 Å². The van der Waals surface area contributed by atoms with Crippen LogP contribution in [0.15, 0.2) is 24.3 Å². The third-order valence-electron chi connectivity index (χ3n) is 4.02. The molecule has 1 amide bonds. The third kappa shape index (κ3) is 3.56. The highest BCUT2D eigenvalue weighted by Crippen LogP contribution is 2.28. The molecule has 0 aliphatic carbocycles. The van der Waals surface area contributed by atoms with E-state index in [1.165, 1.54) is 0 Å². The Morgan fingerprint density at radius 3 is 2.48 bits per heavy atom. The lowest BCUT2D eigenvalue weighted by molar-refractivity contribution is -0.130. The number of ether oxygens (including phenoxy) is 1. The van der Waals surface area contributed by atoms with Gasteiger partial charge < -0.3 is 9.64 Å². The maximum atomic E-state index is 12.2. The van der Waals surface area contributed by atoms with Crippen LogP contribution in [0, 0.1) is 0 Å². The molecule has 1 fully saturated rings. The highest BCUT2D eigenvalue weighted by Gasteiger charge is 2.35. The second kappa shape index (κ2) is 7.46. The molecule has 21 heavy (non-hydrogen) atoms. The molecule has 0 radical (unpaired) electrons. The van der Waals surface area contributed by atoms with Gasteiger partial charge in [0.25, 0.3) is 0 Å². The number of hydrogen-bond acceptors (Lipinski definition) is 3. The van der Waals surface area contributed by atoms with Crippen molar-refractivity contribution in [2.24, 2.45) is 0 Å². The number of carbonyl (C=O) groups excluding carboxylic acids is 1. The van der Waals surface area contributed by atoms with Crippen molar-refractivity contribution in [2.45, 2.75) is 52.2 Å². The van der Waals surface area contributed by atoms with Crippen LogP contribution < -0.4 is 10.1 Å². The zero-order valence-electron chi connectivity index (χ0n) is 13.3. The average Bonchev–Trinajstić information content (AvgIpc) is 2.89. The lowest BCUT2D eigenvalue weighted by Gasteiger charge is -2.32. The number of rotatable bonds is 7. The van der Waals surface area contributed by atoms with E-state index in [-0.39, 0.29) is 12.1 Å². The van der Waals surface area contributed by atoms with Crippen molar-refractivity contribution in [3.05, 3.63) is 29.8 Å². The molecule has 1 N–H and O–H groups in total. The van der Waals surface area contributed by atoms with E-state index in [2.05, 4.69) is 38.2 Å². The van der Waals surface area contributed by atoms with Crippen LogP contribution in [0.4, 0.5) is 0 Å². The minimum atomic E-state index is -0.0115. The van der Waals surface area contributed by atoms with Crippen molar-refractivity contribution in [3.63, 3.8) is 0 Å². The number of amides is 1. The molecule has 0 aromatic heterocycles. The van der Waals surface area contributed by atoms with E-state index in [0.717, 1.165) is 37.2 Å². The van der Waals surface area contributed by atoms with Gasteiger partial charge in [-0.05, 0) is 37.0 Å². The van der Waals surface area contributed by atoms with Crippen LogP contribution in [0.1, 0.15) is 51.8 Å². The fourth-order valence-corrected chi connectivity index (χ4v) is 2.86. The molecule has 1 saturated heterocycles. The second-order valence-electron chi connectivity index (χ2n) is 5.47. The fourth-order valence-electron chi connectivity index (χ4n) is 2.86. The van der Waals surface area contributed by atoms with Gasteiger partial charge in [0.2, 0.25) is 5.91 Å². The Morgan fingerprint density at radius 1 is 1.24 bits per heavy atom. The molecule has 1 aromatic carbocycles. The number of benzene rings is 1. The van der Waals surface area contributed by atoms with Crippen LogP contribution in [0.3, 0.4) is 0 Å². The molecule has 4 heteroatoms. The summed E-state index contributed by atoms with van der Waals surface area (Å²) in [6.07, 6.45) is 2.96. The van der Waals surface area contributed by atoms with Crippen molar-refractivity contribution < 1.29 is 9.53 Å². The summed E-state index contributed by atoms with van der Waals surface area (Å²) >= 11 is 0. The highest BCUT2D eigenvalue weighted by atomic mass is 16.5. The average molecular weight is 290 g/mol. The third-order valence-corrected chi connectivity index (χ3v) is 4.02. The Balaban J connectivity index is 2.13. The Bertz CT molecular complexity index is 454. The van der Waals surface area contributed by atoms with Crippen LogP contribution in [-0.4, -0.2) is 30.0 Å². The summed E-state index contributed by atoms with van der Waals surface area (Å²) in [6, 6.07) is 8.38. The Morgan fingerprint density at radius 2 is 1.90 bits per heavy atom. The van der Waals surface area contributed by atoms with Gasteiger partial charge in [-0.1, -0.05) is 32.9 Å². The smallest absolute Gasteiger partial charge is 0.238 e. The van der Waals surface area contributed by atoms with E-state index in [9.17, 15) is 4.79 Å². The molecule has 1 heterocycles. The molecule has 1 aliphatic rings. The van der Waals surface area contributed by atoms with E-state index >= 15 is 0 Å². The Labute approximate surface area is 127 Å². The van der Waals surface area contributed by atoms with Crippen LogP contribution in [0.5, 0.6) is 5.75 Å². The van der Waals surface area contributed by atoms with Gasteiger partial charge in [0.15, 0.2) is 0 Å². The zero-order valence-corrected chi connectivity index (χ0v) is 13.3. The van der Waals surface area contributed by atoms with Crippen molar-refractivity contribution in [2.75, 3.05) is 13.2 Å². The van der Waals surface area contributed by atoms with Crippen LogP contribution >= 0.6 is 0 Å². The van der Waals surface area contributed by atoms with Crippen molar-refractivity contribution in [3.8, 4) is 5.75 Å². The van der Waals surface area contributed by atoms with Gasteiger partial charge in [0, 0.05) is 6.04 Å². The first kappa shape index (κ1) is 15.8. The lowest BCUT2D eigenvalue weighted by atomic mass is 10.1. The molecule has 0 saturated carbocycles. The summed E-state index contributed by atoms with van der Waals surface area (Å²) in [5.74, 6) is 1.08. The van der Waals surface area contributed by atoms with Crippen molar-refractivity contribution >= 4 is 5.91 Å². The predicted octanol–water partition coefficient (Wildman–Crippen LogP) is 3.09. The van der Waals surface area contributed by atoms with Crippen LogP contribution in [0.25, 0.3) is 0 Å². The number of hydrogen-bond donors (Lipinski definition) is 1. The quantitative estimate of drug-likeness (QED) is 0.839. The number of nitrogens with zero attached hydrogens (tertiary/aromatic N) is 1. The maximum absolute atomic E-state index is 12.2. The Hall–Kier alpha value is -1.55. The minimum absolute atomic E-state index is 0.0115. The lowest BCUT2D eigenvalue weighted by Crippen LogP contribution is -2.39. The largest absolute Gasteiger partial charge is 0.494 e. The van der Waals surface area contributed by atoms with Gasteiger partial charge in [0.05, 0.1) is 13.2 Å². The Kier molecular flexibility index (Phi) is 5.62. The standard InChI is InChI=1S/C17H26N2O2/c1-4-11-21-15-9-7-13(8-10-15)17-18-12-16(20)19(17)14(5-2)6-3/h7-10,14,17-18H,4-6,11-12H2,1-3H3. The zero-order chi connectivity index (χ0) is 15.2. The summed E-state index contributed by atoms with van der Waals surface area (Å²) in [5.41, 5.74) is 1.12. The van der Waals surface area contributed by atoms with E-state index < -0.39 is 0 Å². The van der Waals surface area contributed by atoms with E-state index in [1.54, 1.807) is 0 Å². The molecule has 2 rings (SSSR count). The normalized spacial score (nSPS) is 18.6. The SMILES string of the molecule is CCCOc1ccc(C2NCC(=O)N2C(CC)CC)cc1. The summed E-state index contributed by atoms with van der Waals surface area (Å²) in [6.45, 7) is 7.53. The first-order valence-corrected chi connectivity index (χ1v) is 7.98. The molecular formula is C17H26N2O2. The van der Waals surface area contributed by atoms with Gasteiger partial charge in [-0.15, -0.1) is 0 Å². The van der Waals surface area contributed by atoms with Gasteiger partial charge in [0.1, 0.15) is 11.9 Å². The van der Waals surface area contributed by atoms with Crippen molar-refractivity contribution in [1.82, 2.24) is 10.2 Å². The van der Waals surface area contributed by atoms with Gasteiger partial charge in [-0.2, -0.15) is 0 Å². The number of nitrogens with one attached hydrogen (secondary N) is 1. The summed E-state index contributed by atoms with van der Waals surface area (Å²) in [7, 11) is 0. The predicted molar refractivity (Wildman–Crippen MR) is 84.2 cm³/mol. The topological polar surface area (TPSA) is 41.6 Å². The highest BCUT2D eigenvalue weighted by molar-refractivity contribution is 5.81. The molecule has 4 nitrogen and oxygen atoms in total.